The van der Waals surface area contributed by atoms with E-state index >= 15 is 0 Å². The van der Waals surface area contributed by atoms with Crippen LogP contribution in [0.3, 0.4) is 0 Å². The van der Waals surface area contributed by atoms with Gasteiger partial charge in [-0.15, -0.1) is 4.91 Å². The highest BCUT2D eigenvalue weighted by Gasteiger charge is 2.23. The van der Waals surface area contributed by atoms with Crippen LogP contribution in [-0.4, -0.2) is 16.5 Å². The number of nitrogens with zero attached hydrogens (tertiary/aromatic N) is 2. The zero-order valence-electron chi connectivity index (χ0n) is 17.0. The van der Waals surface area contributed by atoms with Gasteiger partial charge in [0.25, 0.3) is 0 Å². The van der Waals surface area contributed by atoms with Crippen molar-refractivity contribution in [1.82, 2.24) is 4.57 Å². The van der Waals surface area contributed by atoms with E-state index in [1.54, 1.807) is 10.6 Å². The quantitative estimate of drug-likeness (QED) is 0.313. The molecule has 0 aliphatic carbocycles. The highest BCUT2D eigenvalue weighted by Crippen LogP contribution is 2.42. The van der Waals surface area contributed by atoms with Crippen molar-refractivity contribution < 1.29 is 19.0 Å². The maximum Gasteiger partial charge on any atom is 0.222 e. The molecule has 0 amide bonds. The first kappa shape index (κ1) is 20.0. The third kappa shape index (κ3) is 3.52. The smallest absolute Gasteiger partial charge is 0.222 e. The summed E-state index contributed by atoms with van der Waals surface area (Å²) in [5, 5.41) is 14.5. The van der Waals surface area contributed by atoms with Gasteiger partial charge in [-0.25, -0.2) is 4.39 Å². The monoisotopic (exact) mass is 430 g/mol. The molecule has 7 heteroatoms. The lowest BCUT2D eigenvalue weighted by Crippen LogP contribution is -2.14. The van der Waals surface area contributed by atoms with Crippen LogP contribution in [0.4, 0.5) is 10.1 Å². The van der Waals surface area contributed by atoms with E-state index in [0.717, 1.165) is 11.1 Å². The summed E-state index contributed by atoms with van der Waals surface area (Å²) in [5.41, 5.74) is 3.43. The molecule has 0 fully saturated rings. The van der Waals surface area contributed by atoms with Gasteiger partial charge in [-0.2, -0.15) is 0 Å². The largest absolute Gasteiger partial charge is 0.493 e. The second kappa shape index (κ2) is 8.28. The van der Waals surface area contributed by atoms with E-state index in [-0.39, 0.29) is 31.5 Å². The van der Waals surface area contributed by atoms with Gasteiger partial charge in [0.05, 0.1) is 18.7 Å². The molecule has 1 aliphatic rings. The molecule has 5 rings (SSSR count). The lowest BCUT2D eigenvalue weighted by molar-refractivity contribution is -0.0173. The van der Waals surface area contributed by atoms with Crippen molar-refractivity contribution in [2.24, 2.45) is 5.18 Å². The van der Waals surface area contributed by atoms with Gasteiger partial charge in [0, 0.05) is 16.5 Å². The SMILES string of the molecule is O=Nc1c(O)n(Cc2cc(F)cc3c2OCOC3)c2cccc(/C=C/c3ccccc3)c12. The summed E-state index contributed by atoms with van der Waals surface area (Å²) in [4.78, 5) is 11.7. The van der Waals surface area contributed by atoms with Gasteiger partial charge in [-0.05, 0) is 34.5 Å². The first-order valence-corrected chi connectivity index (χ1v) is 10.1. The zero-order chi connectivity index (χ0) is 22.1. The molecule has 4 aromatic rings. The number of fused-ring (bicyclic) bond motifs is 2. The summed E-state index contributed by atoms with van der Waals surface area (Å²) in [6, 6.07) is 18.0. The number of aromatic hydroxyl groups is 1. The van der Waals surface area contributed by atoms with Crippen molar-refractivity contribution in [3.05, 3.63) is 93.6 Å². The molecule has 0 radical (unpaired) electrons. The van der Waals surface area contributed by atoms with Gasteiger partial charge < -0.3 is 19.1 Å². The third-order valence-corrected chi connectivity index (χ3v) is 5.50. The molecule has 1 aromatic heterocycles. The van der Waals surface area contributed by atoms with Crippen LogP contribution in [0.2, 0.25) is 0 Å². The van der Waals surface area contributed by atoms with Crippen LogP contribution >= 0.6 is 0 Å². The lowest BCUT2D eigenvalue weighted by atomic mass is 10.1. The molecule has 2 heterocycles. The molecular formula is C25H19FN2O4. The van der Waals surface area contributed by atoms with E-state index in [4.69, 9.17) is 9.47 Å². The average molecular weight is 430 g/mol. The summed E-state index contributed by atoms with van der Waals surface area (Å²) in [5.74, 6) is -0.177. The molecule has 160 valence electrons. The number of rotatable bonds is 5. The Balaban J connectivity index is 1.63. The van der Waals surface area contributed by atoms with E-state index in [9.17, 15) is 14.4 Å². The van der Waals surface area contributed by atoms with Crippen LogP contribution in [0.1, 0.15) is 22.3 Å². The number of hydrogen-bond donors (Lipinski definition) is 1. The summed E-state index contributed by atoms with van der Waals surface area (Å²) < 4.78 is 26.6. The molecule has 6 nitrogen and oxygen atoms in total. The highest BCUT2D eigenvalue weighted by atomic mass is 19.1. The Bertz CT molecular complexity index is 1350. The number of ether oxygens (including phenoxy) is 2. The summed E-state index contributed by atoms with van der Waals surface area (Å²) in [7, 11) is 0. The maximum absolute atomic E-state index is 14.2. The lowest BCUT2D eigenvalue weighted by Gasteiger charge is -2.21. The topological polar surface area (TPSA) is 73.0 Å². The second-order valence-electron chi connectivity index (χ2n) is 7.50. The van der Waals surface area contributed by atoms with E-state index in [1.807, 2.05) is 54.6 Å². The van der Waals surface area contributed by atoms with E-state index in [1.165, 1.54) is 12.1 Å². The summed E-state index contributed by atoms with van der Waals surface area (Å²) >= 11 is 0. The van der Waals surface area contributed by atoms with Crippen LogP contribution in [0.5, 0.6) is 11.6 Å². The van der Waals surface area contributed by atoms with Gasteiger partial charge in [-0.1, -0.05) is 54.6 Å². The van der Waals surface area contributed by atoms with Crippen LogP contribution in [0, 0.1) is 10.7 Å². The van der Waals surface area contributed by atoms with Crippen LogP contribution in [-0.2, 0) is 17.9 Å². The van der Waals surface area contributed by atoms with Crippen molar-refractivity contribution in [2.45, 2.75) is 13.2 Å². The summed E-state index contributed by atoms with van der Waals surface area (Å²) in [6.07, 6.45) is 3.80. The molecule has 1 aliphatic heterocycles. The Morgan fingerprint density at radius 1 is 1.09 bits per heavy atom. The van der Waals surface area contributed by atoms with Gasteiger partial charge in [0.15, 0.2) is 12.5 Å². The molecule has 0 saturated carbocycles. The molecule has 3 aromatic carbocycles. The molecular weight excluding hydrogens is 411 g/mol. The highest BCUT2D eigenvalue weighted by molar-refractivity contribution is 6.02. The molecule has 0 unspecified atom stereocenters. The van der Waals surface area contributed by atoms with Crippen molar-refractivity contribution >= 4 is 28.7 Å². The van der Waals surface area contributed by atoms with Crippen molar-refractivity contribution in [3.8, 4) is 11.6 Å². The molecule has 0 atom stereocenters. The first-order valence-electron chi connectivity index (χ1n) is 10.1. The third-order valence-electron chi connectivity index (χ3n) is 5.50. The van der Waals surface area contributed by atoms with Gasteiger partial charge in [0.2, 0.25) is 5.88 Å². The predicted molar refractivity (Wildman–Crippen MR) is 120 cm³/mol. The van der Waals surface area contributed by atoms with Crippen molar-refractivity contribution in [3.63, 3.8) is 0 Å². The molecule has 0 saturated heterocycles. The van der Waals surface area contributed by atoms with Crippen molar-refractivity contribution in [1.29, 1.82) is 0 Å². The van der Waals surface area contributed by atoms with E-state index in [0.29, 0.717) is 27.8 Å². The first-order chi connectivity index (χ1) is 15.7. The van der Waals surface area contributed by atoms with E-state index < -0.39 is 5.82 Å². The fourth-order valence-corrected chi connectivity index (χ4v) is 4.07. The summed E-state index contributed by atoms with van der Waals surface area (Å²) in [6.45, 7) is 0.414. The van der Waals surface area contributed by atoms with Crippen LogP contribution < -0.4 is 4.74 Å². The Kier molecular flexibility index (Phi) is 5.17. The number of halogens is 1. The molecule has 32 heavy (non-hydrogen) atoms. The average Bonchev–Trinajstić information content (AvgIpc) is 3.09. The Labute approximate surface area is 183 Å². The fourth-order valence-electron chi connectivity index (χ4n) is 4.07. The van der Waals surface area contributed by atoms with Gasteiger partial charge in [0.1, 0.15) is 11.6 Å². The van der Waals surface area contributed by atoms with Crippen molar-refractivity contribution in [2.75, 3.05) is 6.79 Å². The normalized spacial score (nSPS) is 13.3. The fraction of sp³-hybridized carbons (Fsp3) is 0.120. The molecule has 0 bridgehead atoms. The molecule has 0 spiro atoms. The maximum atomic E-state index is 14.2. The number of aromatic nitrogens is 1. The number of nitroso groups, excluding NO2 is 1. The Hall–Kier alpha value is -3.97. The molecule has 1 N–H and O–H groups in total. The minimum Gasteiger partial charge on any atom is -0.493 e. The minimum atomic E-state index is -0.427. The van der Waals surface area contributed by atoms with Gasteiger partial charge >= 0.3 is 0 Å². The van der Waals surface area contributed by atoms with Gasteiger partial charge in [-0.3, -0.25) is 0 Å². The van der Waals surface area contributed by atoms with Crippen LogP contribution in [0.15, 0.2) is 65.8 Å². The zero-order valence-corrected chi connectivity index (χ0v) is 17.0. The van der Waals surface area contributed by atoms with E-state index in [2.05, 4.69) is 5.18 Å². The number of benzene rings is 3. The number of hydrogen-bond acceptors (Lipinski definition) is 5. The predicted octanol–water partition coefficient (Wildman–Crippen LogP) is 5.97. The van der Waals surface area contributed by atoms with Crippen LogP contribution in [0.25, 0.3) is 23.1 Å². The Morgan fingerprint density at radius 3 is 2.75 bits per heavy atom. The standard InChI is InChI=1S/C25H19FN2O4/c26-20-11-18(24-19(12-20)14-31-15-32-24)13-28-21-8-4-7-17(22(21)23(27-30)25(28)29)10-9-16-5-2-1-3-6-16/h1-12,29H,13-15H2/b10-9+. The second-order valence-corrected chi connectivity index (χ2v) is 7.50. The minimum absolute atomic E-state index is 0.0529. The Morgan fingerprint density at radius 2 is 1.94 bits per heavy atom.